The summed E-state index contributed by atoms with van der Waals surface area (Å²) in [6, 6.07) is 21.2. The van der Waals surface area contributed by atoms with Crippen LogP contribution in [0.25, 0.3) is 21.5 Å². The number of hydrogen-bond donors (Lipinski definition) is 1. The number of phenolic OH excluding ortho intramolecular Hbond substituents is 1. The quantitative estimate of drug-likeness (QED) is 0.396. The number of phenols is 1. The first kappa shape index (κ1) is 18.5. The van der Waals surface area contributed by atoms with Crippen LogP contribution in [0.5, 0.6) is 11.5 Å². The van der Waals surface area contributed by atoms with Crippen LogP contribution >= 0.6 is 0 Å². The van der Waals surface area contributed by atoms with Gasteiger partial charge in [-0.1, -0.05) is 42.5 Å². The van der Waals surface area contributed by atoms with Crippen LogP contribution in [0.2, 0.25) is 0 Å². The Morgan fingerprint density at radius 3 is 2.24 bits per heavy atom. The lowest BCUT2D eigenvalue weighted by molar-refractivity contribution is 0.0472. The molecular weight excluding hydrogens is 368 g/mol. The van der Waals surface area contributed by atoms with E-state index in [-0.39, 0.29) is 17.1 Å². The van der Waals surface area contributed by atoms with Gasteiger partial charge in [-0.15, -0.1) is 0 Å². The van der Waals surface area contributed by atoms with E-state index in [0.29, 0.717) is 5.56 Å². The Bertz CT molecular complexity index is 1240. The molecule has 4 aromatic carbocycles. The highest BCUT2D eigenvalue weighted by Gasteiger charge is 2.16. The van der Waals surface area contributed by atoms with Crippen LogP contribution in [0, 0.1) is 0 Å². The SMILES string of the molecule is COc1ccc2cc(C(=O)COC(=O)c3cc4ccccc4cc3O)ccc2c1. The maximum absolute atomic E-state index is 12.5. The number of aromatic hydroxyl groups is 1. The number of benzene rings is 4. The summed E-state index contributed by atoms with van der Waals surface area (Å²) >= 11 is 0. The first-order chi connectivity index (χ1) is 14.0. The van der Waals surface area contributed by atoms with E-state index < -0.39 is 12.6 Å². The molecule has 0 aromatic heterocycles. The monoisotopic (exact) mass is 386 g/mol. The molecule has 1 N–H and O–H groups in total. The summed E-state index contributed by atoms with van der Waals surface area (Å²) in [5, 5.41) is 13.6. The Balaban J connectivity index is 1.50. The molecule has 0 heterocycles. The van der Waals surface area contributed by atoms with Crippen molar-refractivity contribution >= 4 is 33.3 Å². The average Bonchev–Trinajstić information content (AvgIpc) is 2.75. The fraction of sp³-hybridized carbons (Fsp3) is 0.0833. The smallest absolute Gasteiger partial charge is 0.342 e. The van der Waals surface area contributed by atoms with Crippen LogP contribution in [0.4, 0.5) is 0 Å². The molecule has 29 heavy (non-hydrogen) atoms. The largest absolute Gasteiger partial charge is 0.507 e. The number of ketones is 1. The summed E-state index contributed by atoms with van der Waals surface area (Å²) in [5.41, 5.74) is 0.473. The topological polar surface area (TPSA) is 72.8 Å². The van der Waals surface area contributed by atoms with Gasteiger partial charge in [0, 0.05) is 5.56 Å². The molecule has 5 heteroatoms. The first-order valence-electron chi connectivity index (χ1n) is 9.05. The van der Waals surface area contributed by atoms with Gasteiger partial charge in [0.2, 0.25) is 0 Å². The van der Waals surface area contributed by atoms with Crippen molar-refractivity contribution in [3.8, 4) is 11.5 Å². The van der Waals surface area contributed by atoms with Crippen LogP contribution < -0.4 is 4.74 Å². The Hall–Kier alpha value is -3.86. The van der Waals surface area contributed by atoms with Crippen molar-refractivity contribution in [1.82, 2.24) is 0 Å². The van der Waals surface area contributed by atoms with Crippen molar-refractivity contribution in [2.75, 3.05) is 13.7 Å². The van der Waals surface area contributed by atoms with Crippen molar-refractivity contribution < 1.29 is 24.2 Å². The van der Waals surface area contributed by atoms with E-state index in [1.165, 1.54) is 6.07 Å². The predicted molar refractivity (Wildman–Crippen MR) is 111 cm³/mol. The number of Topliss-reactive ketones (excluding diaryl/α,β-unsaturated/α-hetero) is 1. The standard InChI is InChI=1S/C24H18O5/c1-28-20-9-8-17-10-19(7-6-18(17)11-20)23(26)14-29-24(27)21-12-15-4-2-3-5-16(15)13-22(21)25/h2-13,25H,14H2,1H3. The van der Waals surface area contributed by atoms with Gasteiger partial charge in [-0.25, -0.2) is 4.79 Å². The summed E-state index contributed by atoms with van der Waals surface area (Å²) in [4.78, 5) is 24.9. The lowest BCUT2D eigenvalue weighted by atomic mass is 10.0. The van der Waals surface area contributed by atoms with E-state index in [1.54, 1.807) is 25.3 Å². The molecule has 0 aliphatic heterocycles. The van der Waals surface area contributed by atoms with Crippen LogP contribution in [0.1, 0.15) is 20.7 Å². The zero-order valence-electron chi connectivity index (χ0n) is 15.7. The molecule has 144 valence electrons. The van der Waals surface area contributed by atoms with Crippen molar-refractivity contribution in [2.24, 2.45) is 0 Å². The van der Waals surface area contributed by atoms with Crippen molar-refractivity contribution in [3.63, 3.8) is 0 Å². The molecule has 0 saturated carbocycles. The normalized spacial score (nSPS) is 10.8. The molecule has 0 amide bonds. The first-order valence-corrected chi connectivity index (χ1v) is 9.05. The molecule has 0 bridgehead atoms. The lowest BCUT2D eigenvalue weighted by Gasteiger charge is -2.08. The number of rotatable bonds is 5. The molecule has 0 atom stereocenters. The number of esters is 1. The second-order valence-electron chi connectivity index (χ2n) is 6.64. The minimum atomic E-state index is -0.743. The lowest BCUT2D eigenvalue weighted by Crippen LogP contribution is -2.14. The maximum atomic E-state index is 12.5. The van der Waals surface area contributed by atoms with E-state index in [1.807, 2.05) is 48.5 Å². The maximum Gasteiger partial charge on any atom is 0.342 e. The summed E-state index contributed by atoms with van der Waals surface area (Å²) in [6.07, 6.45) is 0. The Kier molecular flexibility index (Phi) is 4.87. The fourth-order valence-electron chi connectivity index (χ4n) is 3.21. The molecule has 0 saturated heterocycles. The molecule has 5 nitrogen and oxygen atoms in total. The van der Waals surface area contributed by atoms with Gasteiger partial charge >= 0.3 is 5.97 Å². The molecule has 0 radical (unpaired) electrons. The summed E-state index contributed by atoms with van der Waals surface area (Å²) < 4.78 is 10.4. The highest BCUT2D eigenvalue weighted by Crippen LogP contribution is 2.26. The number of fused-ring (bicyclic) bond motifs is 2. The van der Waals surface area contributed by atoms with Crippen molar-refractivity contribution in [1.29, 1.82) is 0 Å². The van der Waals surface area contributed by atoms with Crippen LogP contribution in [-0.2, 0) is 4.74 Å². The molecule has 0 aliphatic carbocycles. The van der Waals surface area contributed by atoms with Gasteiger partial charge in [0.25, 0.3) is 0 Å². The number of carbonyl (C=O) groups excluding carboxylic acids is 2. The third-order valence-corrected chi connectivity index (χ3v) is 4.79. The van der Waals surface area contributed by atoms with Crippen molar-refractivity contribution in [2.45, 2.75) is 0 Å². The molecule has 4 aromatic rings. The third kappa shape index (κ3) is 3.75. The number of hydrogen-bond acceptors (Lipinski definition) is 5. The third-order valence-electron chi connectivity index (χ3n) is 4.79. The van der Waals surface area contributed by atoms with Gasteiger partial charge in [0.1, 0.15) is 17.1 Å². The van der Waals surface area contributed by atoms with Gasteiger partial charge in [-0.3, -0.25) is 4.79 Å². The Labute approximate surface area is 167 Å². The van der Waals surface area contributed by atoms with Gasteiger partial charge in [-0.05, 0) is 51.9 Å². The highest BCUT2D eigenvalue weighted by atomic mass is 16.5. The van der Waals surface area contributed by atoms with E-state index in [2.05, 4.69) is 0 Å². The van der Waals surface area contributed by atoms with E-state index in [4.69, 9.17) is 9.47 Å². The minimum Gasteiger partial charge on any atom is -0.507 e. The van der Waals surface area contributed by atoms with E-state index in [9.17, 15) is 14.7 Å². The van der Waals surface area contributed by atoms with Crippen LogP contribution in [-0.4, -0.2) is 30.6 Å². The van der Waals surface area contributed by atoms with Gasteiger partial charge in [0.05, 0.1) is 7.11 Å². The minimum absolute atomic E-state index is 0.0297. The summed E-state index contributed by atoms with van der Waals surface area (Å²) in [7, 11) is 1.60. The molecular formula is C24H18O5. The van der Waals surface area contributed by atoms with Gasteiger partial charge in [0.15, 0.2) is 12.4 Å². The molecule has 4 rings (SSSR count). The zero-order chi connectivity index (χ0) is 20.4. The number of carbonyl (C=O) groups is 2. The predicted octanol–water partition coefficient (Wildman–Crippen LogP) is 4.75. The average molecular weight is 386 g/mol. The molecule has 0 fully saturated rings. The molecule has 0 unspecified atom stereocenters. The number of ether oxygens (including phenoxy) is 2. The van der Waals surface area contributed by atoms with E-state index >= 15 is 0 Å². The second-order valence-corrected chi connectivity index (χ2v) is 6.64. The van der Waals surface area contributed by atoms with Crippen LogP contribution in [0.3, 0.4) is 0 Å². The van der Waals surface area contributed by atoms with Gasteiger partial charge < -0.3 is 14.6 Å². The Morgan fingerprint density at radius 2 is 1.48 bits per heavy atom. The number of methoxy groups -OCH3 is 1. The summed E-state index contributed by atoms with van der Waals surface area (Å²) in [6.45, 7) is -0.410. The Morgan fingerprint density at radius 1 is 0.828 bits per heavy atom. The summed E-state index contributed by atoms with van der Waals surface area (Å²) in [5.74, 6) is -0.509. The second kappa shape index (κ2) is 7.64. The van der Waals surface area contributed by atoms with Gasteiger partial charge in [-0.2, -0.15) is 0 Å². The molecule has 0 spiro atoms. The molecule has 0 aliphatic rings. The van der Waals surface area contributed by atoms with Crippen LogP contribution in [0.15, 0.2) is 72.8 Å². The van der Waals surface area contributed by atoms with E-state index in [0.717, 1.165) is 27.3 Å². The highest BCUT2D eigenvalue weighted by molar-refractivity contribution is 6.03. The fourth-order valence-corrected chi connectivity index (χ4v) is 3.21. The van der Waals surface area contributed by atoms with Crippen molar-refractivity contribution in [3.05, 3.63) is 83.9 Å². The zero-order valence-corrected chi connectivity index (χ0v) is 15.7.